The Bertz CT molecular complexity index is 557. The van der Waals surface area contributed by atoms with Crippen LogP contribution in [0.5, 0.6) is 11.5 Å². The maximum absolute atomic E-state index is 6.00. The lowest BCUT2D eigenvalue weighted by molar-refractivity contribution is 0.170. The van der Waals surface area contributed by atoms with Gasteiger partial charge in [0.15, 0.2) is 17.5 Å². The van der Waals surface area contributed by atoms with E-state index in [0.717, 1.165) is 21.5 Å². The number of rotatable bonds is 3. The lowest BCUT2D eigenvalue weighted by Crippen LogP contribution is -2.41. The molecule has 22 heavy (non-hydrogen) atoms. The lowest BCUT2D eigenvalue weighted by Gasteiger charge is -2.23. The predicted molar refractivity (Wildman–Crippen MR) is 90.5 cm³/mol. The molecule has 3 N–H and O–H groups in total. The van der Waals surface area contributed by atoms with Gasteiger partial charge in [-0.3, -0.25) is 0 Å². The molecule has 1 aromatic carbocycles. The van der Waals surface area contributed by atoms with Gasteiger partial charge >= 0.3 is 0 Å². The lowest BCUT2D eigenvalue weighted by atomic mass is 9.96. The summed E-state index contributed by atoms with van der Waals surface area (Å²) >= 11 is 3.52. The largest absolute Gasteiger partial charge is 0.486 e. The van der Waals surface area contributed by atoms with Gasteiger partial charge in [0.25, 0.3) is 0 Å². The zero-order valence-electron chi connectivity index (χ0n) is 12.6. The van der Waals surface area contributed by atoms with Crippen molar-refractivity contribution in [1.82, 2.24) is 5.32 Å². The van der Waals surface area contributed by atoms with Crippen molar-refractivity contribution in [1.29, 1.82) is 0 Å². The molecule has 0 spiro atoms. The summed E-state index contributed by atoms with van der Waals surface area (Å²) in [5.74, 6) is 2.06. The fourth-order valence-corrected chi connectivity index (χ4v) is 3.54. The molecule has 1 fully saturated rings. The van der Waals surface area contributed by atoms with Crippen molar-refractivity contribution < 1.29 is 9.47 Å². The number of nitrogens with two attached hydrogens (primary N) is 1. The van der Waals surface area contributed by atoms with Crippen molar-refractivity contribution in [2.45, 2.75) is 44.7 Å². The highest BCUT2D eigenvalue weighted by molar-refractivity contribution is 9.10. The fraction of sp³-hybridized carbons (Fsp3) is 0.562. The van der Waals surface area contributed by atoms with Crippen LogP contribution in [0, 0.1) is 0 Å². The first-order valence-corrected chi connectivity index (χ1v) is 8.66. The Kier molecular flexibility index (Phi) is 5.08. The first-order valence-electron chi connectivity index (χ1n) is 7.87. The molecule has 1 aromatic rings. The third-order valence-corrected chi connectivity index (χ3v) is 4.63. The SMILES string of the molecule is NC(=NCc1cc(Br)c2c(c1)OCCO2)NC1CCCCC1. The second kappa shape index (κ2) is 7.22. The molecule has 0 unspecified atom stereocenters. The van der Waals surface area contributed by atoms with Gasteiger partial charge in [-0.05, 0) is 46.5 Å². The average Bonchev–Trinajstić information content (AvgIpc) is 2.54. The van der Waals surface area contributed by atoms with Crippen LogP contribution in [0.4, 0.5) is 0 Å². The van der Waals surface area contributed by atoms with Crippen LogP contribution in [0.25, 0.3) is 0 Å². The van der Waals surface area contributed by atoms with Gasteiger partial charge in [0.05, 0.1) is 11.0 Å². The van der Waals surface area contributed by atoms with Gasteiger partial charge in [0, 0.05) is 6.04 Å². The van der Waals surface area contributed by atoms with Crippen molar-refractivity contribution in [3.8, 4) is 11.5 Å². The van der Waals surface area contributed by atoms with E-state index in [-0.39, 0.29) is 0 Å². The topological polar surface area (TPSA) is 68.9 Å². The van der Waals surface area contributed by atoms with E-state index in [1.165, 1.54) is 32.1 Å². The summed E-state index contributed by atoms with van der Waals surface area (Å²) in [6.07, 6.45) is 6.26. The molecular weight excluding hydrogens is 346 g/mol. The number of nitrogens with one attached hydrogen (secondary N) is 1. The molecule has 0 saturated heterocycles. The van der Waals surface area contributed by atoms with E-state index in [1.807, 2.05) is 12.1 Å². The fourth-order valence-electron chi connectivity index (χ4n) is 2.93. The van der Waals surface area contributed by atoms with Crippen molar-refractivity contribution in [3.63, 3.8) is 0 Å². The minimum Gasteiger partial charge on any atom is -0.486 e. The van der Waals surface area contributed by atoms with E-state index >= 15 is 0 Å². The molecule has 0 amide bonds. The minimum atomic E-state index is 0.476. The summed E-state index contributed by atoms with van der Waals surface area (Å²) in [5, 5.41) is 3.33. The Hall–Kier alpha value is -1.43. The zero-order chi connectivity index (χ0) is 15.4. The molecule has 1 saturated carbocycles. The molecule has 2 aliphatic rings. The van der Waals surface area contributed by atoms with E-state index in [2.05, 4.69) is 26.2 Å². The number of aliphatic imine (C=N–C) groups is 1. The summed E-state index contributed by atoms with van der Waals surface area (Å²) in [5.41, 5.74) is 7.05. The molecule has 5 nitrogen and oxygen atoms in total. The summed E-state index contributed by atoms with van der Waals surface area (Å²) in [7, 11) is 0. The molecular formula is C16H22BrN3O2. The summed E-state index contributed by atoms with van der Waals surface area (Å²) < 4.78 is 12.1. The molecule has 1 aliphatic heterocycles. The normalized spacial score (nSPS) is 19.0. The summed E-state index contributed by atoms with van der Waals surface area (Å²) in [6.45, 7) is 1.69. The van der Waals surface area contributed by atoms with Crippen LogP contribution in [-0.2, 0) is 6.54 Å². The van der Waals surface area contributed by atoms with Crippen molar-refractivity contribution in [2.75, 3.05) is 13.2 Å². The first kappa shape index (κ1) is 15.5. The number of nitrogens with zero attached hydrogens (tertiary/aromatic N) is 1. The van der Waals surface area contributed by atoms with Crippen molar-refractivity contribution in [3.05, 3.63) is 22.2 Å². The minimum absolute atomic E-state index is 0.476. The van der Waals surface area contributed by atoms with Crippen LogP contribution < -0.4 is 20.5 Å². The highest BCUT2D eigenvalue weighted by Crippen LogP contribution is 2.38. The number of ether oxygens (including phenoxy) is 2. The monoisotopic (exact) mass is 367 g/mol. The second-order valence-corrected chi connectivity index (χ2v) is 6.64. The number of hydrogen-bond donors (Lipinski definition) is 2. The standard InChI is InChI=1S/C16H22BrN3O2/c17-13-8-11(9-14-15(13)22-7-6-21-14)10-19-16(18)20-12-4-2-1-3-5-12/h8-9,12H,1-7,10H2,(H3,18,19,20). The summed E-state index contributed by atoms with van der Waals surface area (Å²) in [6, 6.07) is 4.45. The quantitative estimate of drug-likeness (QED) is 0.636. The molecule has 1 heterocycles. The number of guanidine groups is 1. The van der Waals surface area contributed by atoms with Crippen molar-refractivity contribution in [2.24, 2.45) is 10.7 Å². The molecule has 0 aromatic heterocycles. The van der Waals surface area contributed by atoms with Gasteiger partial charge in [0.2, 0.25) is 0 Å². The molecule has 0 atom stereocenters. The van der Waals surface area contributed by atoms with Gasteiger partial charge in [-0.25, -0.2) is 4.99 Å². The zero-order valence-corrected chi connectivity index (χ0v) is 14.2. The summed E-state index contributed by atoms with van der Waals surface area (Å²) in [4.78, 5) is 4.44. The van der Waals surface area contributed by atoms with Crippen LogP contribution in [0.2, 0.25) is 0 Å². The Morgan fingerprint density at radius 3 is 2.82 bits per heavy atom. The third kappa shape index (κ3) is 3.85. The molecule has 0 bridgehead atoms. The number of fused-ring (bicyclic) bond motifs is 1. The van der Waals surface area contributed by atoms with Gasteiger partial charge in [-0.2, -0.15) is 0 Å². The molecule has 3 rings (SSSR count). The maximum Gasteiger partial charge on any atom is 0.189 e. The second-order valence-electron chi connectivity index (χ2n) is 5.78. The van der Waals surface area contributed by atoms with Gasteiger partial charge < -0.3 is 20.5 Å². The molecule has 120 valence electrons. The maximum atomic E-state index is 6.00. The van der Waals surface area contributed by atoms with E-state index in [1.54, 1.807) is 0 Å². The molecule has 1 aliphatic carbocycles. The molecule has 0 radical (unpaired) electrons. The Morgan fingerprint density at radius 1 is 1.23 bits per heavy atom. The Balaban J connectivity index is 1.62. The van der Waals surface area contributed by atoms with Crippen LogP contribution in [0.15, 0.2) is 21.6 Å². The Labute approximate surface area is 139 Å². The van der Waals surface area contributed by atoms with Crippen LogP contribution in [-0.4, -0.2) is 25.2 Å². The van der Waals surface area contributed by atoms with Crippen molar-refractivity contribution >= 4 is 21.9 Å². The number of halogens is 1. The van der Waals surface area contributed by atoms with E-state index in [0.29, 0.717) is 31.8 Å². The van der Waals surface area contributed by atoms with Crippen LogP contribution in [0.1, 0.15) is 37.7 Å². The van der Waals surface area contributed by atoms with Crippen LogP contribution >= 0.6 is 15.9 Å². The van der Waals surface area contributed by atoms with Crippen LogP contribution in [0.3, 0.4) is 0 Å². The van der Waals surface area contributed by atoms with Gasteiger partial charge in [-0.15, -0.1) is 0 Å². The predicted octanol–water partition coefficient (Wildman–Crippen LogP) is 2.96. The third-order valence-electron chi connectivity index (χ3n) is 4.05. The van der Waals surface area contributed by atoms with E-state index in [4.69, 9.17) is 15.2 Å². The molecule has 6 heteroatoms. The van der Waals surface area contributed by atoms with Gasteiger partial charge in [0.1, 0.15) is 13.2 Å². The number of benzene rings is 1. The van der Waals surface area contributed by atoms with E-state index < -0.39 is 0 Å². The van der Waals surface area contributed by atoms with Gasteiger partial charge in [-0.1, -0.05) is 19.3 Å². The average molecular weight is 368 g/mol. The highest BCUT2D eigenvalue weighted by atomic mass is 79.9. The highest BCUT2D eigenvalue weighted by Gasteiger charge is 2.16. The Morgan fingerprint density at radius 2 is 2.00 bits per heavy atom. The first-order chi connectivity index (χ1) is 10.7. The smallest absolute Gasteiger partial charge is 0.189 e. The van der Waals surface area contributed by atoms with E-state index in [9.17, 15) is 0 Å². The number of hydrogen-bond acceptors (Lipinski definition) is 3.